The molecule has 1 aliphatic heterocycles. The van der Waals surface area contributed by atoms with Gasteiger partial charge in [0.2, 0.25) is 11.8 Å². The molecule has 1 aromatic rings. The van der Waals surface area contributed by atoms with E-state index in [2.05, 4.69) is 5.32 Å². The molecule has 0 spiro atoms. The average Bonchev–Trinajstić information content (AvgIpc) is 2.41. The highest BCUT2D eigenvalue weighted by molar-refractivity contribution is 6.04. The molecule has 0 aliphatic carbocycles. The average molecular weight is 249 g/mol. The number of carbonyl (C=O) groups is 2. The molecular weight excluding hydrogens is 234 g/mol. The zero-order valence-corrected chi connectivity index (χ0v) is 9.80. The van der Waals surface area contributed by atoms with E-state index in [1.807, 2.05) is 0 Å². The highest BCUT2D eigenvalue weighted by Gasteiger charge is 2.24. The minimum Gasteiger partial charge on any atom is -0.394 e. The number of nitrogens with zero attached hydrogens (tertiary/aromatic N) is 1. The second kappa shape index (κ2) is 5.16. The van der Waals surface area contributed by atoms with E-state index < -0.39 is 6.04 Å². The van der Waals surface area contributed by atoms with E-state index in [1.54, 1.807) is 24.3 Å². The van der Waals surface area contributed by atoms with Crippen molar-refractivity contribution in [3.8, 4) is 0 Å². The number of rotatable bonds is 3. The predicted molar refractivity (Wildman–Crippen MR) is 65.8 cm³/mol. The normalized spacial score (nSPS) is 17.6. The molecule has 4 N–H and O–H groups in total. The fourth-order valence-electron chi connectivity index (χ4n) is 1.80. The monoisotopic (exact) mass is 249 g/mol. The number of hydrogen-bond acceptors (Lipinski definition) is 4. The molecule has 1 unspecified atom stereocenters. The summed E-state index contributed by atoms with van der Waals surface area (Å²) in [6, 6.07) is 6.51. The minimum atomic E-state index is -0.431. The second-order valence-electron chi connectivity index (χ2n) is 4.14. The molecule has 0 aromatic heterocycles. The van der Waals surface area contributed by atoms with Crippen LogP contribution >= 0.6 is 0 Å². The maximum absolute atomic E-state index is 11.7. The van der Waals surface area contributed by atoms with E-state index in [1.165, 1.54) is 4.90 Å². The second-order valence-corrected chi connectivity index (χ2v) is 4.14. The first kappa shape index (κ1) is 12.5. The number of nitrogens with one attached hydrogen (secondary N) is 1. The molecule has 1 atom stereocenters. The van der Waals surface area contributed by atoms with Crippen LogP contribution in [0.3, 0.4) is 0 Å². The van der Waals surface area contributed by atoms with Crippen molar-refractivity contribution in [3.63, 3.8) is 0 Å². The van der Waals surface area contributed by atoms with Gasteiger partial charge in [-0.05, 0) is 17.7 Å². The van der Waals surface area contributed by atoms with Gasteiger partial charge in [-0.25, -0.2) is 0 Å². The Morgan fingerprint density at radius 1 is 1.33 bits per heavy atom. The third-order valence-corrected chi connectivity index (χ3v) is 2.87. The van der Waals surface area contributed by atoms with E-state index >= 15 is 0 Å². The van der Waals surface area contributed by atoms with Gasteiger partial charge in [0.25, 0.3) is 0 Å². The fraction of sp³-hybridized carbons (Fsp3) is 0.333. The highest BCUT2D eigenvalue weighted by atomic mass is 16.3. The van der Waals surface area contributed by atoms with E-state index in [4.69, 9.17) is 10.8 Å². The molecule has 6 nitrogen and oxygen atoms in total. The summed E-state index contributed by atoms with van der Waals surface area (Å²) in [7, 11) is 0. The summed E-state index contributed by atoms with van der Waals surface area (Å²) in [6.07, 6.45) is 0. The summed E-state index contributed by atoms with van der Waals surface area (Å²) in [5.74, 6) is -0.320. The number of nitrogens with two attached hydrogens (primary N) is 1. The number of amides is 2. The number of benzene rings is 1. The molecule has 2 rings (SSSR count). The number of aliphatic hydroxyl groups is 1. The summed E-state index contributed by atoms with van der Waals surface area (Å²) in [6.45, 7) is -0.0780. The first-order valence-electron chi connectivity index (χ1n) is 5.65. The van der Waals surface area contributed by atoms with Crippen LogP contribution in [0.15, 0.2) is 24.3 Å². The van der Waals surface area contributed by atoms with Gasteiger partial charge in [-0.3, -0.25) is 9.59 Å². The fourth-order valence-corrected chi connectivity index (χ4v) is 1.80. The Labute approximate surface area is 104 Å². The predicted octanol–water partition coefficient (Wildman–Crippen LogP) is -0.859. The van der Waals surface area contributed by atoms with Crippen LogP contribution in [-0.4, -0.2) is 36.6 Å². The van der Waals surface area contributed by atoms with Crippen LogP contribution in [0.4, 0.5) is 5.69 Å². The van der Waals surface area contributed by atoms with Gasteiger partial charge in [0.15, 0.2) is 0 Å². The van der Waals surface area contributed by atoms with E-state index in [0.717, 1.165) is 5.56 Å². The van der Waals surface area contributed by atoms with Crippen molar-refractivity contribution in [1.82, 2.24) is 5.32 Å². The van der Waals surface area contributed by atoms with Crippen LogP contribution in [0, 0.1) is 0 Å². The van der Waals surface area contributed by atoms with Gasteiger partial charge >= 0.3 is 0 Å². The topological polar surface area (TPSA) is 95.7 Å². The molecule has 1 heterocycles. The maximum atomic E-state index is 11.7. The molecule has 1 saturated heterocycles. The van der Waals surface area contributed by atoms with Gasteiger partial charge in [-0.2, -0.15) is 0 Å². The van der Waals surface area contributed by atoms with Crippen molar-refractivity contribution >= 4 is 17.5 Å². The van der Waals surface area contributed by atoms with E-state index in [9.17, 15) is 9.59 Å². The summed E-state index contributed by atoms with van der Waals surface area (Å²) >= 11 is 0. The highest BCUT2D eigenvalue weighted by Crippen LogP contribution is 2.19. The van der Waals surface area contributed by atoms with Gasteiger partial charge in [0.1, 0.15) is 6.54 Å². The Hall–Kier alpha value is -1.92. The van der Waals surface area contributed by atoms with Gasteiger partial charge in [0, 0.05) is 5.69 Å². The molecule has 1 aromatic carbocycles. The Morgan fingerprint density at radius 2 is 2.00 bits per heavy atom. The molecule has 6 heteroatoms. The lowest BCUT2D eigenvalue weighted by Crippen LogP contribution is -2.51. The van der Waals surface area contributed by atoms with Crippen LogP contribution < -0.4 is 16.0 Å². The summed E-state index contributed by atoms with van der Waals surface area (Å²) in [5, 5.41) is 11.4. The Morgan fingerprint density at radius 3 is 2.61 bits per heavy atom. The summed E-state index contributed by atoms with van der Waals surface area (Å²) in [4.78, 5) is 24.3. The molecule has 96 valence electrons. The van der Waals surface area contributed by atoms with Crippen molar-refractivity contribution in [3.05, 3.63) is 29.8 Å². The van der Waals surface area contributed by atoms with Crippen LogP contribution in [-0.2, 0) is 9.59 Å². The van der Waals surface area contributed by atoms with Crippen LogP contribution in [0.2, 0.25) is 0 Å². The zero-order chi connectivity index (χ0) is 13.1. The number of anilines is 1. The molecule has 0 saturated carbocycles. The van der Waals surface area contributed by atoms with E-state index in [0.29, 0.717) is 5.69 Å². The molecule has 2 amide bonds. The first-order chi connectivity index (χ1) is 8.61. The van der Waals surface area contributed by atoms with Crippen molar-refractivity contribution in [2.24, 2.45) is 5.73 Å². The SMILES string of the molecule is NC(CO)c1ccc(N2CC(=O)NCC2=O)cc1. The van der Waals surface area contributed by atoms with E-state index in [-0.39, 0.29) is 31.5 Å². The van der Waals surface area contributed by atoms with Gasteiger partial charge in [-0.15, -0.1) is 0 Å². The van der Waals surface area contributed by atoms with Crippen molar-refractivity contribution in [2.75, 3.05) is 24.6 Å². The first-order valence-corrected chi connectivity index (χ1v) is 5.65. The van der Waals surface area contributed by atoms with Crippen molar-refractivity contribution in [2.45, 2.75) is 6.04 Å². The summed E-state index contributed by atoms with van der Waals surface area (Å²) < 4.78 is 0. The third kappa shape index (κ3) is 2.49. The number of hydrogen-bond donors (Lipinski definition) is 3. The van der Waals surface area contributed by atoms with Gasteiger partial charge in [0.05, 0.1) is 19.2 Å². The largest absolute Gasteiger partial charge is 0.394 e. The number of carbonyl (C=O) groups excluding carboxylic acids is 2. The maximum Gasteiger partial charge on any atom is 0.246 e. The Balaban J connectivity index is 2.18. The van der Waals surface area contributed by atoms with Crippen LogP contribution in [0.5, 0.6) is 0 Å². The lowest BCUT2D eigenvalue weighted by atomic mass is 10.1. The number of aliphatic hydroxyl groups excluding tert-OH is 1. The standard InChI is InChI=1S/C12H15N3O3/c13-10(7-16)8-1-3-9(4-2-8)15-6-11(17)14-5-12(15)18/h1-4,10,16H,5-7,13H2,(H,14,17). The molecule has 1 fully saturated rings. The third-order valence-electron chi connectivity index (χ3n) is 2.87. The minimum absolute atomic E-state index is 0.0245. The van der Waals surface area contributed by atoms with Crippen LogP contribution in [0.25, 0.3) is 0 Å². The van der Waals surface area contributed by atoms with Crippen LogP contribution in [0.1, 0.15) is 11.6 Å². The smallest absolute Gasteiger partial charge is 0.246 e. The molecule has 1 aliphatic rings. The lowest BCUT2D eigenvalue weighted by molar-refractivity contribution is -0.128. The molecular formula is C12H15N3O3. The lowest BCUT2D eigenvalue weighted by Gasteiger charge is -2.26. The number of piperazine rings is 1. The Bertz CT molecular complexity index is 458. The molecule has 0 bridgehead atoms. The van der Waals surface area contributed by atoms with Gasteiger partial charge < -0.3 is 21.1 Å². The van der Waals surface area contributed by atoms with Crippen molar-refractivity contribution < 1.29 is 14.7 Å². The molecule has 18 heavy (non-hydrogen) atoms. The summed E-state index contributed by atoms with van der Waals surface area (Å²) in [5.41, 5.74) is 7.12. The quantitative estimate of drug-likeness (QED) is 0.649. The molecule has 0 radical (unpaired) electrons. The van der Waals surface area contributed by atoms with Gasteiger partial charge in [-0.1, -0.05) is 12.1 Å². The Kier molecular flexibility index (Phi) is 3.59. The van der Waals surface area contributed by atoms with Crippen molar-refractivity contribution in [1.29, 1.82) is 0 Å². The zero-order valence-electron chi connectivity index (χ0n) is 9.80.